The maximum Gasteiger partial charge on any atom is 0.227 e. The van der Waals surface area contributed by atoms with E-state index in [4.69, 9.17) is 0 Å². The third-order valence-electron chi connectivity index (χ3n) is 5.32. The van der Waals surface area contributed by atoms with Crippen LogP contribution in [0.3, 0.4) is 0 Å². The molecule has 0 spiro atoms. The predicted octanol–water partition coefficient (Wildman–Crippen LogP) is 3.55. The van der Waals surface area contributed by atoms with Gasteiger partial charge in [0.25, 0.3) is 0 Å². The van der Waals surface area contributed by atoms with Gasteiger partial charge in [0, 0.05) is 42.4 Å². The highest BCUT2D eigenvalue weighted by Gasteiger charge is 2.23. The first-order valence-electron chi connectivity index (χ1n) is 10.6. The van der Waals surface area contributed by atoms with Gasteiger partial charge in [-0.1, -0.05) is 30.3 Å². The molecule has 0 aliphatic heterocycles. The van der Waals surface area contributed by atoms with Crippen molar-refractivity contribution in [2.45, 2.75) is 32.6 Å². The van der Waals surface area contributed by atoms with Crippen LogP contribution in [0.15, 0.2) is 67.1 Å². The summed E-state index contributed by atoms with van der Waals surface area (Å²) in [6, 6.07) is 15.1. The zero-order valence-electron chi connectivity index (χ0n) is 18.2. The van der Waals surface area contributed by atoms with E-state index in [1.165, 1.54) is 0 Å². The smallest absolute Gasteiger partial charge is 0.227 e. The topological polar surface area (TPSA) is 89.8 Å². The number of aryl methyl sites for hydroxylation is 1. The number of hydrogen-bond donors (Lipinski definition) is 1. The SMILES string of the molecule is CCNC(=O)[C@@H](CC(=O)Cc1cc2cnn(-c3ccnc(C)c3)c2cn1)c1ccccc1. The number of aromatic nitrogens is 4. The second-order valence-electron chi connectivity index (χ2n) is 7.72. The number of rotatable bonds is 8. The van der Waals surface area contributed by atoms with Crippen molar-refractivity contribution >= 4 is 22.6 Å². The summed E-state index contributed by atoms with van der Waals surface area (Å²) in [6.07, 6.45) is 5.54. The lowest BCUT2D eigenvalue weighted by Crippen LogP contribution is -2.30. The van der Waals surface area contributed by atoms with Crippen molar-refractivity contribution in [3.05, 3.63) is 84.1 Å². The molecule has 7 nitrogen and oxygen atoms in total. The zero-order chi connectivity index (χ0) is 22.5. The van der Waals surface area contributed by atoms with Crippen molar-refractivity contribution in [1.29, 1.82) is 0 Å². The van der Waals surface area contributed by atoms with Crippen LogP contribution < -0.4 is 5.32 Å². The van der Waals surface area contributed by atoms with E-state index in [-0.39, 0.29) is 24.5 Å². The number of fused-ring (bicyclic) bond motifs is 1. The van der Waals surface area contributed by atoms with Gasteiger partial charge in [0.15, 0.2) is 0 Å². The number of nitrogens with one attached hydrogen (secondary N) is 1. The molecule has 0 fully saturated rings. The van der Waals surface area contributed by atoms with Gasteiger partial charge in [0.1, 0.15) is 5.78 Å². The molecule has 0 bridgehead atoms. The highest BCUT2D eigenvalue weighted by atomic mass is 16.2. The second-order valence-corrected chi connectivity index (χ2v) is 7.72. The van der Waals surface area contributed by atoms with Gasteiger partial charge in [-0.15, -0.1) is 0 Å². The van der Waals surface area contributed by atoms with Crippen LogP contribution in [0.5, 0.6) is 0 Å². The molecule has 0 aliphatic carbocycles. The molecule has 1 atom stereocenters. The molecule has 32 heavy (non-hydrogen) atoms. The number of nitrogens with zero attached hydrogens (tertiary/aromatic N) is 4. The molecule has 3 aromatic heterocycles. The Balaban J connectivity index is 1.52. The molecule has 4 aromatic rings. The Labute approximate surface area is 186 Å². The normalized spacial score (nSPS) is 11.9. The van der Waals surface area contributed by atoms with E-state index in [0.29, 0.717) is 12.2 Å². The van der Waals surface area contributed by atoms with Gasteiger partial charge in [-0.25, -0.2) is 4.68 Å². The molecule has 1 N–H and O–H groups in total. The van der Waals surface area contributed by atoms with Crippen molar-refractivity contribution in [3.8, 4) is 5.69 Å². The van der Waals surface area contributed by atoms with Crippen LogP contribution in [0.1, 0.15) is 36.2 Å². The lowest BCUT2D eigenvalue weighted by molar-refractivity contribution is -0.126. The van der Waals surface area contributed by atoms with Crippen LogP contribution in [-0.4, -0.2) is 38.0 Å². The molecule has 0 unspecified atom stereocenters. The summed E-state index contributed by atoms with van der Waals surface area (Å²) in [6.45, 7) is 4.32. The molecule has 162 valence electrons. The lowest BCUT2D eigenvalue weighted by Gasteiger charge is -2.16. The van der Waals surface area contributed by atoms with Gasteiger partial charge in [-0.3, -0.25) is 19.6 Å². The minimum Gasteiger partial charge on any atom is -0.356 e. The van der Waals surface area contributed by atoms with Crippen LogP contribution in [0, 0.1) is 6.92 Å². The standard InChI is InChI=1S/C25H25N5O2/c1-3-26-25(32)23(18-7-5-4-6-8-18)14-22(31)13-20-12-19-15-29-30(24(19)16-28-20)21-9-10-27-17(2)11-21/h4-12,15-16,23H,3,13-14H2,1-2H3,(H,26,32)/t23-/m0/s1. The summed E-state index contributed by atoms with van der Waals surface area (Å²) < 4.78 is 1.81. The summed E-state index contributed by atoms with van der Waals surface area (Å²) >= 11 is 0. The number of pyridine rings is 2. The Bertz CT molecular complexity index is 1250. The van der Waals surface area contributed by atoms with E-state index < -0.39 is 5.92 Å². The fraction of sp³-hybridized carbons (Fsp3) is 0.240. The molecule has 1 aromatic carbocycles. The van der Waals surface area contributed by atoms with Crippen molar-refractivity contribution < 1.29 is 9.59 Å². The monoisotopic (exact) mass is 427 g/mol. The van der Waals surface area contributed by atoms with E-state index in [1.54, 1.807) is 18.6 Å². The maximum absolute atomic E-state index is 12.9. The van der Waals surface area contributed by atoms with Crippen LogP contribution >= 0.6 is 0 Å². The summed E-state index contributed by atoms with van der Waals surface area (Å²) in [5.41, 5.74) is 4.17. The molecule has 0 aliphatic rings. The fourth-order valence-electron chi connectivity index (χ4n) is 3.78. The second kappa shape index (κ2) is 9.51. The van der Waals surface area contributed by atoms with Gasteiger partial charge in [-0.2, -0.15) is 5.10 Å². The van der Waals surface area contributed by atoms with E-state index >= 15 is 0 Å². The average molecular weight is 428 g/mol. The number of amides is 1. The Morgan fingerprint density at radius 3 is 2.62 bits per heavy atom. The molecule has 1 amide bonds. The lowest BCUT2D eigenvalue weighted by atomic mass is 9.91. The summed E-state index contributed by atoms with van der Waals surface area (Å²) in [5.74, 6) is -0.677. The fourth-order valence-corrected chi connectivity index (χ4v) is 3.78. The number of ketones is 1. The Kier molecular flexibility index (Phi) is 6.35. The molecule has 0 radical (unpaired) electrons. The Morgan fingerprint density at radius 1 is 1.06 bits per heavy atom. The van der Waals surface area contributed by atoms with Gasteiger partial charge in [-0.05, 0) is 37.6 Å². The molecule has 4 rings (SSSR count). The van der Waals surface area contributed by atoms with Crippen LogP contribution in [0.4, 0.5) is 0 Å². The van der Waals surface area contributed by atoms with Crippen molar-refractivity contribution in [3.63, 3.8) is 0 Å². The summed E-state index contributed by atoms with van der Waals surface area (Å²) in [7, 11) is 0. The van der Waals surface area contributed by atoms with Crippen molar-refractivity contribution in [2.24, 2.45) is 0 Å². The van der Waals surface area contributed by atoms with E-state index in [0.717, 1.165) is 27.8 Å². The van der Waals surface area contributed by atoms with E-state index in [9.17, 15) is 9.59 Å². The highest BCUT2D eigenvalue weighted by Crippen LogP contribution is 2.22. The number of Topliss-reactive ketones (excluding diaryl/α,β-unsaturated/α-hetero) is 1. The first-order valence-corrected chi connectivity index (χ1v) is 10.6. The van der Waals surface area contributed by atoms with Crippen LogP contribution in [-0.2, 0) is 16.0 Å². The van der Waals surface area contributed by atoms with Gasteiger partial charge < -0.3 is 5.32 Å². The van der Waals surface area contributed by atoms with Crippen molar-refractivity contribution in [1.82, 2.24) is 25.1 Å². The molecule has 7 heteroatoms. The third-order valence-corrected chi connectivity index (χ3v) is 5.32. The minimum absolute atomic E-state index is 0.0332. The predicted molar refractivity (Wildman–Crippen MR) is 123 cm³/mol. The van der Waals surface area contributed by atoms with E-state index in [2.05, 4.69) is 20.4 Å². The highest BCUT2D eigenvalue weighted by molar-refractivity contribution is 5.91. The number of hydrogen-bond acceptors (Lipinski definition) is 5. The average Bonchev–Trinajstić information content (AvgIpc) is 3.21. The number of likely N-dealkylation sites (N-methyl/N-ethyl adjacent to an activating group) is 1. The number of carbonyl (C=O) groups excluding carboxylic acids is 2. The van der Waals surface area contributed by atoms with Gasteiger partial charge in [0.05, 0.1) is 29.5 Å². The molecule has 0 saturated carbocycles. The molecular formula is C25H25N5O2. The zero-order valence-corrected chi connectivity index (χ0v) is 18.2. The first-order chi connectivity index (χ1) is 15.5. The number of carbonyl (C=O) groups is 2. The first kappa shape index (κ1) is 21.4. The van der Waals surface area contributed by atoms with Gasteiger partial charge >= 0.3 is 0 Å². The van der Waals surface area contributed by atoms with Crippen LogP contribution in [0.25, 0.3) is 16.6 Å². The molecular weight excluding hydrogens is 402 g/mol. The molecule has 0 saturated heterocycles. The Hall–Kier alpha value is -3.87. The number of benzene rings is 1. The van der Waals surface area contributed by atoms with E-state index in [1.807, 2.05) is 67.1 Å². The third kappa shape index (κ3) is 4.72. The Morgan fingerprint density at radius 2 is 1.88 bits per heavy atom. The minimum atomic E-state index is -0.509. The summed E-state index contributed by atoms with van der Waals surface area (Å²) in [4.78, 5) is 34.1. The van der Waals surface area contributed by atoms with Crippen LogP contribution in [0.2, 0.25) is 0 Å². The molecule has 3 heterocycles. The summed E-state index contributed by atoms with van der Waals surface area (Å²) in [5, 5.41) is 8.21. The maximum atomic E-state index is 12.9. The largest absolute Gasteiger partial charge is 0.356 e. The van der Waals surface area contributed by atoms with Gasteiger partial charge in [0.2, 0.25) is 5.91 Å². The van der Waals surface area contributed by atoms with Crippen molar-refractivity contribution in [2.75, 3.05) is 6.54 Å². The quantitative estimate of drug-likeness (QED) is 0.464.